The summed E-state index contributed by atoms with van der Waals surface area (Å²) >= 11 is 0. The van der Waals surface area contributed by atoms with Gasteiger partial charge in [-0.15, -0.1) is 0 Å². The van der Waals surface area contributed by atoms with Crippen molar-refractivity contribution < 1.29 is 35.5 Å². The maximum absolute atomic E-state index is 14.5. The molecule has 5 rings (SSSR count). The normalized spacial score (nSPS) is 12.0. The zero-order valence-electron chi connectivity index (χ0n) is 19.7. The minimum absolute atomic E-state index is 0.0657. The molecule has 0 radical (unpaired) electrons. The van der Waals surface area contributed by atoms with Crippen molar-refractivity contribution in [2.45, 2.75) is 12.4 Å². The second-order valence-corrected chi connectivity index (χ2v) is 8.25. The van der Waals surface area contributed by atoms with Gasteiger partial charge in [-0.25, -0.2) is 24.3 Å². The second kappa shape index (κ2) is 9.91. The number of alkyl halides is 6. The number of amides is 1. The van der Waals surface area contributed by atoms with Crippen LogP contribution < -0.4 is 10.6 Å². The van der Waals surface area contributed by atoms with Crippen LogP contribution in [0.1, 0.15) is 21.5 Å². The van der Waals surface area contributed by atoms with Crippen molar-refractivity contribution in [3.8, 4) is 11.3 Å². The number of carbonyl (C=O) groups excluding carboxylic acids is 1. The minimum Gasteiger partial charge on any atom is -0.341 e. The molecule has 0 atom stereocenters. The zero-order chi connectivity index (χ0) is 28.7. The van der Waals surface area contributed by atoms with Gasteiger partial charge in [-0.2, -0.15) is 26.3 Å². The van der Waals surface area contributed by atoms with E-state index in [4.69, 9.17) is 0 Å². The summed E-state index contributed by atoms with van der Waals surface area (Å²) in [5, 5.41) is 5.06. The molecule has 2 aromatic carbocycles. The summed E-state index contributed by atoms with van der Waals surface area (Å²) in [6.07, 6.45) is -6.46. The van der Waals surface area contributed by atoms with Gasteiger partial charge in [0, 0.05) is 23.0 Å². The average Bonchev–Trinajstić information content (AvgIpc) is 3.39. The predicted molar refractivity (Wildman–Crippen MR) is 129 cm³/mol. The van der Waals surface area contributed by atoms with Gasteiger partial charge in [-0.05, 0) is 48.5 Å². The van der Waals surface area contributed by atoms with Gasteiger partial charge in [0.15, 0.2) is 5.65 Å². The topological polar surface area (TPSA) is 108 Å². The van der Waals surface area contributed by atoms with Gasteiger partial charge in [0.25, 0.3) is 5.91 Å². The molecule has 0 unspecified atom stereocenters. The Morgan fingerprint density at radius 2 is 1.62 bits per heavy atom. The molecule has 40 heavy (non-hydrogen) atoms. The molecule has 5 aromatic rings. The number of halogens is 7. The molecule has 0 fully saturated rings. The molecule has 0 aliphatic rings. The number of imidazole rings is 1. The van der Waals surface area contributed by atoms with Gasteiger partial charge < -0.3 is 15.6 Å². The Balaban J connectivity index is 1.44. The van der Waals surface area contributed by atoms with E-state index in [2.05, 4.69) is 35.6 Å². The third-order valence-corrected chi connectivity index (χ3v) is 5.66. The van der Waals surface area contributed by atoms with Crippen LogP contribution in [0.15, 0.2) is 67.4 Å². The van der Waals surface area contributed by atoms with Gasteiger partial charge in [-0.3, -0.25) is 4.79 Å². The van der Waals surface area contributed by atoms with Crippen LogP contribution in [-0.2, 0) is 12.4 Å². The SMILES string of the molecule is O=C(Nc1cc(Nc2ncccc2-c2ncnc3nc[nH]c23)ccc1F)c1ccc(C(F)(F)F)c(C(F)(F)F)c1. The van der Waals surface area contributed by atoms with Crippen molar-refractivity contribution in [1.29, 1.82) is 0 Å². The number of rotatable bonds is 5. The number of hydrogen-bond acceptors (Lipinski definition) is 6. The first kappa shape index (κ1) is 26.5. The number of fused-ring (bicyclic) bond motifs is 1. The Bertz CT molecular complexity index is 1730. The highest BCUT2D eigenvalue weighted by atomic mass is 19.4. The minimum atomic E-state index is -5.39. The number of pyridine rings is 1. The largest absolute Gasteiger partial charge is 0.417 e. The fraction of sp³-hybridized carbons (Fsp3) is 0.0800. The smallest absolute Gasteiger partial charge is 0.341 e. The molecule has 0 spiro atoms. The molecule has 204 valence electrons. The number of anilines is 3. The first-order valence-corrected chi connectivity index (χ1v) is 11.2. The quantitative estimate of drug-likeness (QED) is 0.209. The van der Waals surface area contributed by atoms with Crippen LogP contribution in [0.2, 0.25) is 0 Å². The summed E-state index contributed by atoms with van der Waals surface area (Å²) in [4.78, 5) is 32.3. The molecule has 3 N–H and O–H groups in total. The van der Waals surface area contributed by atoms with Crippen molar-refractivity contribution >= 4 is 34.3 Å². The van der Waals surface area contributed by atoms with Crippen LogP contribution in [0, 0.1) is 5.82 Å². The van der Waals surface area contributed by atoms with Gasteiger partial charge >= 0.3 is 12.4 Å². The van der Waals surface area contributed by atoms with Crippen molar-refractivity contribution in [3.63, 3.8) is 0 Å². The number of aromatic amines is 1. The number of nitrogens with one attached hydrogen (secondary N) is 3. The van der Waals surface area contributed by atoms with E-state index in [0.717, 1.165) is 12.1 Å². The number of benzene rings is 2. The third kappa shape index (κ3) is 5.25. The van der Waals surface area contributed by atoms with E-state index >= 15 is 0 Å². The first-order valence-electron chi connectivity index (χ1n) is 11.2. The molecule has 15 heteroatoms. The van der Waals surface area contributed by atoms with Crippen LogP contribution in [0.4, 0.5) is 47.9 Å². The molecular weight excluding hydrogens is 547 g/mol. The van der Waals surface area contributed by atoms with Crippen molar-refractivity contribution in [3.05, 3.63) is 89.9 Å². The molecule has 0 aliphatic carbocycles. The number of nitrogens with zero attached hydrogens (tertiary/aromatic N) is 4. The summed E-state index contributed by atoms with van der Waals surface area (Å²) in [6, 6.07) is 7.58. The summed E-state index contributed by atoms with van der Waals surface area (Å²) in [5.41, 5.74) is -3.07. The standard InChI is InChI=1S/C25H14F7N7O/c26-17-6-4-13(38-21-14(2-1-7-33-21)19-20-22(36-10-34-19)37-11-35-20)9-18(17)39-23(40)12-3-5-15(24(27,28)29)16(8-12)25(30,31)32/h1-11H,(H,33,38)(H,39,40)(H,34,35,36,37). The molecule has 0 saturated heterocycles. The fourth-order valence-corrected chi connectivity index (χ4v) is 3.86. The van der Waals surface area contributed by atoms with Crippen LogP contribution in [0.3, 0.4) is 0 Å². The third-order valence-electron chi connectivity index (χ3n) is 5.66. The molecule has 3 heterocycles. The van der Waals surface area contributed by atoms with Crippen molar-refractivity contribution in [2.24, 2.45) is 0 Å². The summed E-state index contributed by atoms with van der Waals surface area (Å²) in [7, 11) is 0. The van der Waals surface area contributed by atoms with Crippen molar-refractivity contribution in [1.82, 2.24) is 24.9 Å². The Morgan fingerprint density at radius 3 is 2.38 bits per heavy atom. The van der Waals surface area contributed by atoms with Gasteiger partial charge in [-0.1, -0.05) is 0 Å². The number of hydrogen-bond donors (Lipinski definition) is 3. The molecule has 8 nitrogen and oxygen atoms in total. The maximum atomic E-state index is 14.5. The number of carbonyl (C=O) groups is 1. The molecule has 3 aromatic heterocycles. The zero-order valence-corrected chi connectivity index (χ0v) is 19.7. The van der Waals surface area contributed by atoms with Crippen LogP contribution >= 0.6 is 0 Å². The van der Waals surface area contributed by atoms with E-state index in [0.29, 0.717) is 28.5 Å². The predicted octanol–water partition coefficient (Wildman–Crippen LogP) is 6.59. The Hall–Kier alpha value is -5.08. The monoisotopic (exact) mass is 561 g/mol. The summed E-state index contributed by atoms with van der Waals surface area (Å²) in [6.45, 7) is 0. The molecule has 1 amide bonds. The average molecular weight is 561 g/mol. The van der Waals surface area contributed by atoms with Crippen LogP contribution in [-0.4, -0.2) is 30.8 Å². The summed E-state index contributed by atoms with van der Waals surface area (Å²) < 4.78 is 93.5. The molecule has 0 bridgehead atoms. The highest BCUT2D eigenvalue weighted by molar-refractivity contribution is 6.04. The highest BCUT2D eigenvalue weighted by Crippen LogP contribution is 2.41. The molecular formula is C25H14F7N7O. The van der Waals surface area contributed by atoms with Gasteiger partial charge in [0.2, 0.25) is 0 Å². The lowest BCUT2D eigenvalue weighted by atomic mass is 10.0. The summed E-state index contributed by atoms with van der Waals surface area (Å²) in [5.74, 6) is -1.92. The lowest BCUT2D eigenvalue weighted by Gasteiger charge is -2.17. The lowest BCUT2D eigenvalue weighted by Crippen LogP contribution is -2.19. The number of aromatic nitrogens is 5. The van der Waals surface area contributed by atoms with Crippen LogP contribution in [0.25, 0.3) is 22.4 Å². The Morgan fingerprint density at radius 1 is 0.850 bits per heavy atom. The van der Waals surface area contributed by atoms with Crippen LogP contribution in [0.5, 0.6) is 0 Å². The van der Waals surface area contributed by atoms with Gasteiger partial charge in [0.05, 0.1) is 23.1 Å². The molecule has 0 saturated carbocycles. The van der Waals surface area contributed by atoms with Gasteiger partial charge in [0.1, 0.15) is 29.2 Å². The maximum Gasteiger partial charge on any atom is 0.417 e. The van der Waals surface area contributed by atoms with E-state index in [1.54, 1.807) is 12.1 Å². The highest BCUT2D eigenvalue weighted by Gasteiger charge is 2.43. The number of H-pyrrole nitrogens is 1. The fourth-order valence-electron chi connectivity index (χ4n) is 3.86. The van der Waals surface area contributed by atoms with E-state index in [9.17, 15) is 35.5 Å². The Kier molecular flexibility index (Phi) is 6.57. The second-order valence-electron chi connectivity index (χ2n) is 8.25. The van der Waals surface area contributed by atoms with E-state index in [-0.39, 0.29) is 23.6 Å². The van der Waals surface area contributed by atoms with E-state index < -0.39 is 46.5 Å². The Labute approximate surface area is 219 Å². The van der Waals surface area contributed by atoms with E-state index in [1.165, 1.54) is 24.9 Å². The lowest BCUT2D eigenvalue weighted by molar-refractivity contribution is -0.162. The van der Waals surface area contributed by atoms with Crippen molar-refractivity contribution in [2.75, 3.05) is 10.6 Å². The first-order chi connectivity index (χ1) is 18.9. The van der Waals surface area contributed by atoms with E-state index in [1.807, 2.05) is 0 Å². The molecule has 0 aliphatic heterocycles.